The molecule has 186 valence electrons. The monoisotopic (exact) mass is 501 g/mol. The van der Waals surface area contributed by atoms with Crippen LogP contribution in [0.5, 0.6) is 0 Å². The Balaban J connectivity index is 1.57. The van der Waals surface area contributed by atoms with E-state index in [0.29, 0.717) is 16.3 Å². The van der Waals surface area contributed by atoms with Gasteiger partial charge in [-0.15, -0.1) is 0 Å². The Bertz CT molecular complexity index is 1290. The summed E-state index contributed by atoms with van der Waals surface area (Å²) in [4.78, 5) is 20.4. The van der Waals surface area contributed by atoms with E-state index in [1.165, 1.54) is 0 Å². The first-order valence-electron chi connectivity index (χ1n) is 12.2. The number of aliphatic imine (C=N–C) groups is 1. The first-order valence-corrected chi connectivity index (χ1v) is 12.6. The van der Waals surface area contributed by atoms with Gasteiger partial charge in [-0.2, -0.15) is 0 Å². The van der Waals surface area contributed by atoms with E-state index in [9.17, 15) is 4.79 Å². The lowest BCUT2D eigenvalue weighted by atomic mass is 10.1. The molecule has 1 fully saturated rings. The van der Waals surface area contributed by atoms with Crippen LogP contribution in [-0.4, -0.2) is 42.8 Å². The maximum absolute atomic E-state index is 13.1. The molecule has 0 atom stereocenters. The van der Waals surface area contributed by atoms with Crippen LogP contribution in [0.4, 0.5) is 11.4 Å². The summed E-state index contributed by atoms with van der Waals surface area (Å²) in [5.41, 5.74) is 6.97. The lowest BCUT2D eigenvalue weighted by Gasteiger charge is -2.26. The molecule has 0 aliphatic carbocycles. The zero-order valence-electron chi connectivity index (χ0n) is 21.1. The second-order valence-corrected chi connectivity index (χ2v) is 9.65. The molecule has 1 amide bonds. The molecule has 1 saturated heterocycles. The fourth-order valence-electron chi connectivity index (χ4n) is 4.09. The number of hydrogen-bond acceptors (Lipinski definition) is 4. The van der Waals surface area contributed by atoms with E-state index in [-0.39, 0.29) is 5.91 Å². The van der Waals surface area contributed by atoms with E-state index < -0.39 is 0 Å². The average molecular weight is 502 g/mol. The van der Waals surface area contributed by atoms with Crippen molar-refractivity contribution in [2.45, 2.75) is 27.3 Å². The Kier molecular flexibility index (Phi) is 8.70. The maximum atomic E-state index is 13.1. The van der Waals surface area contributed by atoms with Gasteiger partial charge < -0.3 is 10.1 Å². The minimum Gasteiger partial charge on any atom is -0.379 e. The summed E-state index contributed by atoms with van der Waals surface area (Å²) in [6.45, 7) is 10.2. The predicted octanol–water partition coefficient (Wildman–Crippen LogP) is 6.82. The van der Waals surface area contributed by atoms with Crippen molar-refractivity contribution in [2.24, 2.45) is 4.99 Å². The number of carbonyl (C=O) groups excluding carboxylic acids is 1. The molecule has 0 bridgehead atoms. The topological polar surface area (TPSA) is 53.9 Å². The zero-order chi connectivity index (χ0) is 25.5. The number of rotatable bonds is 7. The molecule has 0 spiro atoms. The summed E-state index contributed by atoms with van der Waals surface area (Å²) in [5.74, 6) is -0.160. The van der Waals surface area contributed by atoms with Crippen molar-refractivity contribution in [1.82, 2.24) is 4.90 Å². The van der Waals surface area contributed by atoms with Crippen LogP contribution in [0.1, 0.15) is 40.9 Å². The fraction of sp³-hybridized carbons (Fsp3) is 0.267. The van der Waals surface area contributed by atoms with Crippen molar-refractivity contribution in [3.05, 3.63) is 106 Å². The standard InChI is InChI=1S/C30H32ClN3O2/c1-21(2)17-29(33-28-10-5-4-7-22(28)3)26-19-25(11-12-27(26)31)32-30(35)24-9-6-8-23(18-24)20-34-13-15-36-16-14-34/h4-12,17-19H,13-16,20H2,1-3H3,(H,32,35). The molecule has 4 rings (SSSR count). The van der Waals surface area contributed by atoms with Gasteiger partial charge in [0.2, 0.25) is 0 Å². The van der Waals surface area contributed by atoms with Gasteiger partial charge in [0.15, 0.2) is 0 Å². The molecule has 0 unspecified atom stereocenters. The molecule has 3 aromatic carbocycles. The number of amides is 1. The van der Waals surface area contributed by atoms with Gasteiger partial charge in [0, 0.05) is 36.4 Å². The number of hydrogen-bond donors (Lipinski definition) is 1. The highest BCUT2D eigenvalue weighted by Gasteiger charge is 2.14. The number of para-hydroxylation sites is 1. The molecular formula is C30H32ClN3O2. The number of benzene rings is 3. The summed E-state index contributed by atoms with van der Waals surface area (Å²) < 4.78 is 5.43. The first kappa shape index (κ1) is 25.8. The smallest absolute Gasteiger partial charge is 0.255 e. The van der Waals surface area contributed by atoms with E-state index in [4.69, 9.17) is 21.3 Å². The minimum atomic E-state index is -0.160. The number of halogens is 1. The Morgan fingerprint density at radius 2 is 1.83 bits per heavy atom. The number of morpholine rings is 1. The lowest BCUT2D eigenvalue weighted by molar-refractivity contribution is 0.0342. The summed E-state index contributed by atoms with van der Waals surface area (Å²) in [6.07, 6.45) is 2.01. The van der Waals surface area contributed by atoms with Gasteiger partial charge in [0.05, 0.1) is 29.6 Å². The minimum absolute atomic E-state index is 0.160. The van der Waals surface area contributed by atoms with E-state index in [1.54, 1.807) is 6.07 Å². The lowest BCUT2D eigenvalue weighted by Crippen LogP contribution is -2.35. The number of anilines is 1. The van der Waals surface area contributed by atoms with Crippen LogP contribution in [-0.2, 0) is 11.3 Å². The third-order valence-corrected chi connectivity index (χ3v) is 6.31. The quantitative estimate of drug-likeness (QED) is 0.361. The van der Waals surface area contributed by atoms with Gasteiger partial charge in [-0.05, 0) is 74.4 Å². The van der Waals surface area contributed by atoms with E-state index in [2.05, 4.69) is 16.3 Å². The molecule has 3 aromatic rings. The Morgan fingerprint density at radius 1 is 1.06 bits per heavy atom. The van der Waals surface area contributed by atoms with Crippen LogP contribution in [0.3, 0.4) is 0 Å². The van der Waals surface area contributed by atoms with Crippen LogP contribution in [0.15, 0.2) is 83.4 Å². The maximum Gasteiger partial charge on any atom is 0.255 e. The molecule has 1 aliphatic heterocycles. The summed E-state index contributed by atoms with van der Waals surface area (Å²) in [7, 11) is 0. The molecule has 6 heteroatoms. The van der Waals surface area contributed by atoms with Gasteiger partial charge >= 0.3 is 0 Å². The van der Waals surface area contributed by atoms with Crippen LogP contribution in [0, 0.1) is 6.92 Å². The number of aryl methyl sites for hydroxylation is 1. The van der Waals surface area contributed by atoms with Crippen molar-refractivity contribution in [2.75, 3.05) is 31.6 Å². The van der Waals surface area contributed by atoms with Gasteiger partial charge in [-0.1, -0.05) is 47.5 Å². The van der Waals surface area contributed by atoms with Gasteiger partial charge in [-0.25, -0.2) is 4.99 Å². The van der Waals surface area contributed by atoms with E-state index in [0.717, 1.165) is 66.5 Å². The molecule has 36 heavy (non-hydrogen) atoms. The molecule has 0 saturated carbocycles. The predicted molar refractivity (Wildman–Crippen MR) is 149 cm³/mol. The largest absolute Gasteiger partial charge is 0.379 e. The SMILES string of the molecule is CC(C)=CC(=Nc1ccccc1C)c1cc(NC(=O)c2cccc(CN3CCOCC3)c2)ccc1Cl. The van der Waals surface area contributed by atoms with E-state index >= 15 is 0 Å². The molecule has 5 nitrogen and oxygen atoms in total. The van der Waals surface area contributed by atoms with E-state index in [1.807, 2.05) is 81.4 Å². The molecular weight excluding hydrogens is 470 g/mol. The van der Waals surface area contributed by atoms with Gasteiger partial charge in [0.1, 0.15) is 0 Å². The van der Waals surface area contributed by atoms with Crippen molar-refractivity contribution in [3.63, 3.8) is 0 Å². The number of nitrogens with zero attached hydrogens (tertiary/aromatic N) is 2. The molecule has 0 aromatic heterocycles. The molecule has 1 N–H and O–H groups in total. The fourth-order valence-corrected chi connectivity index (χ4v) is 4.31. The number of carbonyl (C=O) groups is 1. The molecule has 1 heterocycles. The Hall–Kier alpha value is -3.25. The van der Waals surface area contributed by atoms with Crippen LogP contribution in [0.2, 0.25) is 5.02 Å². The Labute approximate surface area is 218 Å². The summed E-state index contributed by atoms with van der Waals surface area (Å²) >= 11 is 6.61. The Morgan fingerprint density at radius 3 is 2.58 bits per heavy atom. The van der Waals surface area contributed by atoms with Crippen LogP contribution >= 0.6 is 11.6 Å². The third kappa shape index (κ3) is 6.91. The second kappa shape index (κ2) is 12.1. The summed E-state index contributed by atoms with van der Waals surface area (Å²) in [6, 6.07) is 21.3. The van der Waals surface area contributed by atoms with Crippen LogP contribution < -0.4 is 5.32 Å². The van der Waals surface area contributed by atoms with Crippen molar-refractivity contribution in [1.29, 1.82) is 0 Å². The zero-order valence-corrected chi connectivity index (χ0v) is 21.8. The third-order valence-electron chi connectivity index (χ3n) is 5.98. The normalized spacial score (nSPS) is 14.4. The van der Waals surface area contributed by atoms with Crippen molar-refractivity contribution in [3.8, 4) is 0 Å². The molecule has 0 radical (unpaired) electrons. The van der Waals surface area contributed by atoms with Gasteiger partial charge in [0.25, 0.3) is 5.91 Å². The average Bonchev–Trinajstić information content (AvgIpc) is 2.86. The number of nitrogens with one attached hydrogen (secondary N) is 1. The summed E-state index contributed by atoms with van der Waals surface area (Å²) in [5, 5.41) is 3.61. The highest BCUT2D eigenvalue weighted by atomic mass is 35.5. The van der Waals surface area contributed by atoms with Crippen molar-refractivity contribution >= 4 is 34.6 Å². The van der Waals surface area contributed by atoms with Crippen LogP contribution in [0.25, 0.3) is 0 Å². The molecule has 1 aliphatic rings. The number of ether oxygens (including phenoxy) is 1. The first-order chi connectivity index (χ1) is 17.4. The second-order valence-electron chi connectivity index (χ2n) is 9.24. The highest BCUT2D eigenvalue weighted by Crippen LogP contribution is 2.26. The number of allylic oxidation sites excluding steroid dienone is 2. The van der Waals surface area contributed by atoms with Gasteiger partial charge in [-0.3, -0.25) is 9.69 Å². The highest BCUT2D eigenvalue weighted by molar-refractivity contribution is 6.35. The van der Waals surface area contributed by atoms with Crippen molar-refractivity contribution < 1.29 is 9.53 Å².